The summed E-state index contributed by atoms with van der Waals surface area (Å²) in [5.41, 5.74) is 1.78. The van der Waals surface area contributed by atoms with Gasteiger partial charge >= 0.3 is 0 Å². The van der Waals surface area contributed by atoms with Crippen molar-refractivity contribution in [2.45, 2.75) is 32.4 Å². The van der Waals surface area contributed by atoms with E-state index in [0.29, 0.717) is 17.0 Å². The second-order valence-electron chi connectivity index (χ2n) is 6.20. The van der Waals surface area contributed by atoms with Gasteiger partial charge < -0.3 is 10.0 Å². The van der Waals surface area contributed by atoms with Crippen LogP contribution in [0.3, 0.4) is 0 Å². The number of aryl methyl sites for hydroxylation is 2. The van der Waals surface area contributed by atoms with Crippen molar-refractivity contribution >= 4 is 5.91 Å². The quantitative estimate of drug-likeness (QED) is 0.916. The lowest BCUT2D eigenvalue weighted by atomic mass is 10.0. The summed E-state index contributed by atoms with van der Waals surface area (Å²) < 4.78 is 29.3. The molecular weight excluding hydrogens is 316 g/mol. The number of hydrogen-bond acceptors (Lipinski definition) is 3. The van der Waals surface area contributed by atoms with Crippen molar-refractivity contribution < 1.29 is 18.7 Å². The molecule has 1 N–H and O–H groups in total. The van der Waals surface area contributed by atoms with E-state index in [0.717, 1.165) is 18.2 Å². The van der Waals surface area contributed by atoms with Crippen LogP contribution in [0.25, 0.3) is 0 Å². The van der Waals surface area contributed by atoms with E-state index >= 15 is 0 Å². The average molecular weight is 335 g/mol. The van der Waals surface area contributed by atoms with E-state index in [9.17, 15) is 18.7 Å². The molecule has 2 atom stereocenters. The van der Waals surface area contributed by atoms with E-state index in [-0.39, 0.29) is 24.4 Å². The van der Waals surface area contributed by atoms with Gasteiger partial charge in [-0.05, 0) is 38.5 Å². The van der Waals surface area contributed by atoms with Gasteiger partial charge in [-0.15, -0.1) is 0 Å². The number of rotatable bonds is 2. The van der Waals surface area contributed by atoms with Crippen LogP contribution in [0.4, 0.5) is 8.78 Å². The van der Waals surface area contributed by atoms with Gasteiger partial charge in [0.25, 0.3) is 5.91 Å². The SMILES string of the molecule is Cc1nn(C)c(C)c1C(=O)N1C[C@H](O)C[C@H]1c1cc(F)ccc1F. The molecule has 1 amide bonds. The fraction of sp³-hybridized carbons (Fsp3) is 0.412. The van der Waals surface area contributed by atoms with Crippen LogP contribution >= 0.6 is 0 Å². The van der Waals surface area contributed by atoms with Crippen molar-refractivity contribution in [1.82, 2.24) is 14.7 Å². The minimum absolute atomic E-state index is 0.0766. The van der Waals surface area contributed by atoms with Crippen LogP contribution < -0.4 is 0 Å². The lowest BCUT2D eigenvalue weighted by molar-refractivity contribution is 0.0712. The standard InChI is InChI=1S/C17H19F2N3O2/c1-9-16(10(2)21(3)20-9)17(24)22-8-12(23)7-15(22)13-6-11(18)4-5-14(13)19/h4-6,12,15,23H,7-8H2,1-3H3/t12-,15+/m1/s1. The van der Waals surface area contributed by atoms with E-state index in [1.54, 1.807) is 25.6 Å². The molecule has 3 rings (SSSR count). The summed E-state index contributed by atoms with van der Waals surface area (Å²) in [6.45, 7) is 3.58. The van der Waals surface area contributed by atoms with Crippen LogP contribution in [0.15, 0.2) is 18.2 Å². The van der Waals surface area contributed by atoms with E-state index in [1.165, 1.54) is 4.90 Å². The minimum Gasteiger partial charge on any atom is -0.391 e. The number of aliphatic hydroxyl groups excluding tert-OH is 1. The van der Waals surface area contributed by atoms with Crippen molar-refractivity contribution in [3.8, 4) is 0 Å². The zero-order chi connectivity index (χ0) is 17.6. The van der Waals surface area contributed by atoms with Gasteiger partial charge in [0.05, 0.1) is 23.4 Å². The Balaban J connectivity index is 2.02. The van der Waals surface area contributed by atoms with Crippen LogP contribution in [-0.2, 0) is 7.05 Å². The third kappa shape index (κ3) is 2.69. The number of nitrogens with zero attached hydrogens (tertiary/aromatic N) is 3. The highest BCUT2D eigenvalue weighted by atomic mass is 19.1. The summed E-state index contributed by atoms with van der Waals surface area (Å²) in [4.78, 5) is 14.4. The van der Waals surface area contributed by atoms with Crippen molar-refractivity contribution in [1.29, 1.82) is 0 Å². The van der Waals surface area contributed by atoms with Gasteiger partial charge in [-0.2, -0.15) is 5.10 Å². The molecule has 7 heteroatoms. The molecule has 0 bridgehead atoms. The van der Waals surface area contributed by atoms with Crippen LogP contribution in [0, 0.1) is 25.5 Å². The molecule has 1 fully saturated rings. The van der Waals surface area contributed by atoms with Crippen LogP contribution in [0.1, 0.15) is 39.8 Å². The van der Waals surface area contributed by atoms with Gasteiger partial charge in [-0.25, -0.2) is 8.78 Å². The molecule has 0 radical (unpaired) electrons. The van der Waals surface area contributed by atoms with Crippen LogP contribution in [0.2, 0.25) is 0 Å². The summed E-state index contributed by atoms with van der Waals surface area (Å²) in [6, 6.07) is 2.45. The third-order valence-corrected chi connectivity index (χ3v) is 4.58. The van der Waals surface area contributed by atoms with E-state index in [2.05, 4.69) is 5.10 Å². The fourth-order valence-electron chi connectivity index (χ4n) is 3.33. The van der Waals surface area contributed by atoms with Crippen molar-refractivity contribution in [2.75, 3.05) is 6.54 Å². The maximum absolute atomic E-state index is 14.1. The van der Waals surface area contributed by atoms with E-state index in [1.807, 2.05) is 0 Å². The highest BCUT2D eigenvalue weighted by Gasteiger charge is 2.38. The highest BCUT2D eigenvalue weighted by molar-refractivity contribution is 5.97. The molecule has 2 heterocycles. The number of benzene rings is 1. The average Bonchev–Trinajstić information content (AvgIpc) is 3.02. The number of carbonyl (C=O) groups excluding carboxylic acids is 1. The van der Waals surface area contributed by atoms with Crippen LogP contribution in [0.5, 0.6) is 0 Å². The second-order valence-corrected chi connectivity index (χ2v) is 6.20. The first kappa shape index (κ1) is 16.6. The Labute approximate surface area is 138 Å². The number of aromatic nitrogens is 2. The molecule has 0 unspecified atom stereocenters. The van der Waals surface area contributed by atoms with Crippen molar-refractivity contribution in [2.24, 2.45) is 7.05 Å². The molecule has 1 aliphatic heterocycles. The Morgan fingerprint density at radius 1 is 1.33 bits per heavy atom. The number of carbonyl (C=O) groups is 1. The largest absolute Gasteiger partial charge is 0.391 e. The van der Waals surface area contributed by atoms with Crippen LogP contribution in [-0.4, -0.2) is 38.3 Å². The molecule has 5 nitrogen and oxygen atoms in total. The zero-order valence-corrected chi connectivity index (χ0v) is 13.8. The summed E-state index contributed by atoms with van der Waals surface area (Å²) in [7, 11) is 1.74. The number of aliphatic hydroxyl groups is 1. The molecule has 128 valence electrons. The molecule has 1 aromatic carbocycles. The lowest BCUT2D eigenvalue weighted by Gasteiger charge is -2.25. The molecule has 1 aromatic heterocycles. The topological polar surface area (TPSA) is 58.4 Å². The van der Waals surface area contributed by atoms with Gasteiger partial charge in [0.15, 0.2) is 0 Å². The maximum Gasteiger partial charge on any atom is 0.258 e. The van der Waals surface area contributed by atoms with Gasteiger partial charge in [0, 0.05) is 24.8 Å². The number of halogens is 2. The predicted molar refractivity (Wildman–Crippen MR) is 83.4 cm³/mol. The normalized spacial score (nSPS) is 20.7. The van der Waals surface area contributed by atoms with Crippen molar-refractivity contribution in [3.63, 3.8) is 0 Å². The predicted octanol–water partition coefficient (Wildman–Crippen LogP) is 2.26. The molecule has 1 aliphatic rings. The number of β-amino-alcohol motifs (C(OH)–C–C–N with tert-alkyl or cyclic N) is 1. The number of hydrogen-bond donors (Lipinski definition) is 1. The molecule has 2 aromatic rings. The van der Waals surface area contributed by atoms with Gasteiger partial charge in [0.1, 0.15) is 11.6 Å². The molecule has 0 saturated carbocycles. The van der Waals surface area contributed by atoms with E-state index in [4.69, 9.17) is 0 Å². The zero-order valence-electron chi connectivity index (χ0n) is 13.8. The highest BCUT2D eigenvalue weighted by Crippen LogP contribution is 2.35. The molecular formula is C17H19F2N3O2. The van der Waals surface area contributed by atoms with Gasteiger partial charge in [-0.1, -0.05) is 0 Å². The molecule has 24 heavy (non-hydrogen) atoms. The van der Waals surface area contributed by atoms with Gasteiger partial charge in [-0.3, -0.25) is 9.48 Å². The molecule has 0 aliphatic carbocycles. The summed E-state index contributed by atoms with van der Waals surface area (Å²) in [6.07, 6.45) is -0.608. The van der Waals surface area contributed by atoms with E-state index < -0.39 is 23.8 Å². The Kier molecular flexibility index (Phi) is 4.13. The summed E-state index contributed by atoms with van der Waals surface area (Å²) >= 11 is 0. The number of amides is 1. The maximum atomic E-state index is 14.1. The Morgan fingerprint density at radius 2 is 2.04 bits per heavy atom. The fourth-order valence-corrected chi connectivity index (χ4v) is 3.33. The minimum atomic E-state index is -0.779. The molecule has 1 saturated heterocycles. The second kappa shape index (κ2) is 5.98. The smallest absolute Gasteiger partial charge is 0.258 e. The van der Waals surface area contributed by atoms with Gasteiger partial charge in [0.2, 0.25) is 0 Å². The Hall–Kier alpha value is -2.28. The molecule has 0 spiro atoms. The van der Waals surface area contributed by atoms with Crippen molar-refractivity contribution in [3.05, 3.63) is 52.3 Å². The Bertz CT molecular complexity index is 803. The monoisotopic (exact) mass is 335 g/mol. The first-order chi connectivity index (χ1) is 11.3. The lowest BCUT2D eigenvalue weighted by Crippen LogP contribution is -2.33. The third-order valence-electron chi connectivity index (χ3n) is 4.58. The summed E-state index contributed by atoms with van der Waals surface area (Å²) in [5.74, 6) is -1.50. The number of likely N-dealkylation sites (tertiary alicyclic amines) is 1. The first-order valence-corrected chi connectivity index (χ1v) is 7.73. The Morgan fingerprint density at radius 3 is 2.67 bits per heavy atom. The first-order valence-electron chi connectivity index (χ1n) is 7.73. The summed E-state index contributed by atoms with van der Waals surface area (Å²) in [5, 5.41) is 14.2.